The van der Waals surface area contributed by atoms with E-state index in [0.29, 0.717) is 0 Å². The van der Waals surface area contributed by atoms with Gasteiger partial charge in [0.15, 0.2) is 0 Å². The van der Waals surface area contributed by atoms with Crippen molar-refractivity contribution in [2.45, 2.75) is 6.42 Å². The maximum Gasteiger partial charge on any atom is 0.0462 e. The van der Waals surface area contributed by atoms with Crippen molar-refractivity contribution < 1.29 is 0 Å². The number of nitrogens with zero attached hydrogens (tertiary/aromatic N) is 1. The summed E-state index contributed by atoms with van der Waals surface area (Å²) in [5, 5.41) is 2.54. The van der Waals surface area contributed by atoms with Crippen LogP contribution in [0.4, 0.5) is 17.1 Å². The van der Waals surface area contributed by atoms with Crippen LogP contribution in [0, 0.1) is 0 Å². The fourth-order valence-electron chi connectivity index (χ4n) is 6.40. The van der Waals surface area contributed by atoms with Gasteiger partial charge in [-0.25, -0.2) is 0 Å². The summed E-state index contributed by atoms with van der Waals surface area (Å²) in [6.07, 6.45) is 1.02. The number of hydrogen-bond acceptors (Lipinski definition) is 1. The minimum absolute atomic E-state index is 1.02. The minimum Gasteiger partial charge on any atom is -0.311 e. The van der Waals surface area contributed by atoms with Gasteiger partial charge in [0.2, 0.25) is 0 Å². The van der Waals surface area contributed by atoms with Gasteiger partial charge in [0.05, 0.1) is 0 Å². The zero-order valence-electron chi connectivity index (χ0n) is 23.2. The lowest BCUT2D eigenvalue weighted by Gasteiger charge is -2.26. The van der Waals surface area contributed by atoms with E-state index in [0.717, 1.165) is 23.5 Å². The van der Waals surface area contributed by atoms with E-state index in [1.165, 1.54) is 55.3 Å². The molecule has 1 aliphatic rings. The molecule has 42 heavy (non-hydrogen) atoms. The Kier molecular flexibility index (Phi) is 5.93. The Morgan fingerprint density at radius 1 is 0.357 bits per heavy atom. The molecule has 0 heterocycles. The smallest absolute Gasteiger partial charge is 0.0462 e. The lowest BCUT2D eigenvalue weighted by molar-refractivity contribution is 1.26. The van der Waals surface area contributed by atoms with Crippen molar-refractivity contribution in [1.29, 1.82) is 0 Å². The van der Waals surface area contributed by atoms with E-state index >= 15 is 0 Å². The van der Waals surface area contributed by atoms with Crippen LogP contribution in [0.15, 0.2) is 164 Å². The van der Waals surface area contributed by atoms with E-state index in [1.54, 1.807) is 0 Å². The standard InChI is InChI=1S/C41H29N/c1-2-12-35(13-3-1)42(37-25-21-31(22-26-37)39-16-8-11-30-9-4-6-14-38(30)39)36-23-19-29(20-24-36)32-17-18-34-27-33-10-5-7-15-40(33)41(34)28-32/h1-26,28H,27H2. The molecule has 0 saturated heterocycles. The summed E-state index contributed by atoms with van der Waals surface area (Å²) >= 11 is 0. The first kappa shape index (κ1) is 24.4. The lowest BCUT2D eigenvalue weighted by Crippen LogP contribution is -2.09. The van der Waals surface area contributed by atoms with E-state index in [1.807, 2.05) is 0 Å². The van der Waals surface area contributed by atoms with Crippen molar-refractivity contribution in [3.05, 3.63) is 175 Å². The van der Waals surface area contributed by atoms with Crippen LogP contribution in [0.5, 0.6) is 0 Å². The second-order valence-corrected chi connectivity index (χ2v) is 11.0. The topological polar surface area (TPSA) is 3.24 Å². The highest BCUT2D eigenvalue weighted by Gasteiger charge is 2.19. The molecule has 0 unspecified atom stereocenters. The number of para-hydroxylation sites is 1. The summed E-state index contributed by atoms with van der Waals surface area (Å²) in [6.45, 7) is 0. The molecular weight excluding hydrogens is 506 g/mol. The molecule has 0 N–H and O–H groups in total. The molecule has 1 aliphatic carbocycles. The summed E-state index contributed by atoms with van der Waals surface area (Å²) in [6, 6.07) is 59.3. The molecule has 0 amide bonds. The van der Waals surface area contributed by atoms with Crippen molar-refractivity contribution in [1.82, 2.24) is 0 Å². The van der Waals surface area contributed by atoms with Gasteiger partial charge in [-0.15, -0.1) is 0 Å². The largest absolute Gasteiger partial charge is 0.311 e. The van der Waals surface area contributed by atoms with Crippen molar-refractivity contribution in [3.63, 3.8) is 0 Å². The van der Waals surface area contributed by atoms with Crippen LogP contribution >= 0.6 is 0 Å². The first-order valence-corrected chi connectivity index (χ1v) is 14.6. The molecule has 0 atom stereocenters. The maximum atomic E-state index is 2.36. The average Bonchev–Trinajstić information content (AvgIpc) is 3.44. The van der Waals surface area contributed by atoms with E-state index < -0.39 is 0 Å². The maximum absolute atomic E-state index is 2.36. The molecule has 7 aromatic carbocycles. The molecule has 0 aliphatic heterocycles. The van der Waals surface area contributed by atoms with E-state index in [4.69, 9.17) is 0 Å². The SMILES string of the molecule is c1ccc(N(c2ccc(-c3ccc4c(c3)-c3ccccc3C4)cc2)c2ccc(-c3cccc4ccccc34)cc2)cc1. The molecule has 0 saturated carbocycles. The van der Waals surface area contributed by atoms with Crippen molar-refractivity contribution >= 4 is 27.8 Å². The van der Waals surface area contributed by atoms with Gasteiger partial charge < -0.3 is 4.90 Å². The Morgan fingerprint density at radius 2 is 0.929 bits per heavy atom. The van der Waals surface area contributed by atoms with Crippen LogP contribution in [0.25, 0.3) is 44.2 Å². The van der Waals surface area contributed by atoms with Crippen LogP contribution in [0.2, 0.25) is 0 Å². The van der Waals surface area contributed by atoms with Crippen LogP contribution < -0.4 is 4.90 Å². The summed E-state index contributed by atoms with van der Waals surface area (Å²) in [4.78, 5) is 2.33. The normalized spacial score (nSPS) is 11.7. The van der Waals surface area contributed by atoms with Crippen molar-refractivity contribution in [3.8, 4) is 33.4 Å². The van der Waals surface area contributed by atoms with Crippen LogP contribution in [-0.4, -0.2) is 0 Å². The Balaban J connectivity index is 1.15. The zero-order valence-corrected chi connectivity index (χ0v) is 23.2. The third kappa shape index (κ3) is 4.27. The highest BCUT2D eigenvalue weighted by Crippen LogP contribution is 2.40. The second kappa shape index (κ2) is 10.2. The summed E-state index contributed by atoms with van der Waals surface area (Å²) in [7, 11) is 0. The molecule has 198 valence electrons. The van der Waals surface area contributed by atoms with Gasteiger partial charge in [0.25, 0.3) is 0 Å². The van der Waals surface area contributed by atoms with Gasteiger partial charge in [-0.2, -0.15) is 0 Å². The number of rotatable bonds is 5. The third-order valence-electron chi connectivity index (χ3n) is 8.50. The van der Waals surface area contributed by atoms with Crippen LogP contribution in [0.1, 0.15) is 11.1 Å². The van der Waals surface area contributed by atoms with Gasteiger partial charge in [0, 0.05) is 17.1 Å². The molecule has 0 fully saturated rings. The number of anilines is 3. The quantitative estimate of drug-likeness (QED) is 0.212. The third-order valence-corrected chi connectivity index (χ3v) is 8.50. The monoisotopic (exact) mass is 535 g/mol. The Labute approximate surface area is 247 Å². The fourth-order valence-corrected chi connectivity index (χ4v) is 6.40. The Bertz CT molecular complexity index is 2030. The van der Waals surface area contributed by atoms with E-state index in [9.17, 15) is 0 Å². The van der Waals surface area contributed by atoms with Gasteiger partial charge in [-0.3, -0.25) is 0 Å². The summed E-state index contributed by atoms with van der Waals surface area (Å²) in [5.41, 5.74) is 13.9. The van der Waals surface area contributed by atoms with Crippen LogP contribution in [0.3, 0.4) is 0 Å². The molecule has 0 aromatic heterocycles. The highest BCUT2D eigenvalue weighted by atomic mass is 15.1. The molecule has 1 nitrogen and oxygen atoms in total. The number of hydrogen-bond donors (Lipinski definition) is 0. The zero-order chi connectivity index (χ0) is 27.9. The predicted octanol–water partition coefficient (Wildman–Crippen LogP) is 11.2. The second-order valence-electron chi connectivity index (χ2n) is 11.0. The lowest BCUT2D eigenvalue weighted by atomic mass is 9.97. The van der Waals surface area contributed by atoms with Gasteiger partial charge in [-0.05, 0) is 104 Å². The average molecular weight is 536 g/mol. The number of fused-ring (bicyclic) bond motifs is 4. The first-order chi connectivity index (χ1) is 20.8. The Hall–Kier alpha value is -5.40. The predicted molar refractivity (Wildman–Crippen MR) is 178 cm³/mol. The molecule has 0 bridgehead atoms. The van der Waals surface area contributed by atoms with E-state index in [-0.39, 0.29) is 0 Å². The van der Waals surface area contributed by atoms with Gasteiger partial charge in [0.1, 0.15) is 0 Å². The molecule has 1 heteroatoms. The van der Waals surface area contributed by atoms with Crippen LogP contribution in [-0.2, 0) is 6.42 Å². The molecule has 0 spiro atoms. The molecular formula is C41H29N. The fraction of sp³-hybridized carbons (Fsp3) is 0.0244. The Morgan fingerprint density at radius 3 is 1.74 bits per heavy atom. The molecule has 8 rings (SSSR count). The number of benzene rings is 7. The highest BCUT2D eigenvalue weighted by molar-refractivity contribution is 5.97. The first-order valence-electron chi connectivity index (χ1n) is 14.6. The van der Waals surface area contributed by atoms with Crippen molar-refractivity contribution in [2.24, 2.45) is 0 Å². The molecule has 7 aromatic rings. The van der Waals surface area contributed by atoms with Gasteiger partial charge in [-0.1, -0.05) is 121 Å². The summed E-state index contributed by atoms with van der Waals surface area (Å²) in [5.74, 6) is 0. The van der Waals surface area contributed by atoms with Gasteiger partial charge >= 0.3 is 0 Å². The van der Waals surface area contributed by atoms with E-state index in [2.05, 4.69) is 169 Å². The minimum atomic E-state index is 1.02. The van der Waals surface area contributed by atoms with Crippen molar-refractivity contribution in [2.75, 3.05) is 4.90 Å². The molecule has 0 radical (unpaired) electrons. The summed E-state index contributed by atoms with van der Waals surface area (Å²) < 4.78 is 0.